The summed E-state index contributed by atoms with van der Waals surface area (Å²) in [5, 5.41) is 4.70. The van der Waals surface area contributed by atoms with Crippen LogP contribution >= 0.6 is 11.3 Å². The monoisotopic (exact) mass is 505 g/mol. The van der Waals surface area contributed by atoms with Crippen LogP contribution in [0.25, 0.3) is 64.6 Å². The van der Waals surface area contributed by atoms with E-state index in [1.807, 2.05) is 6.08 Å². The molecule has 0 unspecified atom stereocenters. The average molecular weight is 506 g/mol. The van der Waals surface area contributed by atoms with Gasteiger partial charge in [-0.25, -0.2) is 9.97 Å². The third-order valence-corrected chi connectivity index (χ3v) is 8.04. The van der Waals surface area contributed by atoms with E-state index in [0.29, 0.717) is 5.82 Å². The summed E-state index contributed by atoms with van der Waals surface area (Å²) in [5.74, 6) is 0.651. The predicted molar refractivity (Wildman–Crippen MR) is 163 cm³/mol. The molecule has 0 bridgehead atoms. The van der Waals surface area contributed by atoms with Crippen molar-refractivity contribution >= 4 is 59.0 Å². The van der Waals surface area contributed by atoms with Gasteiger partial charge in [0.15, 0.2) is 5.82 Å². The van der Waals surface area contributed by atoms with Crippen LogP contribution in [0.2, 0.25) is 0 Å². The van der Waals surface area contributed by atoms with Crippen LogP contribution in [0.15, 0.2) is 128 Å². The van der Waals surface area contributed by atoms with Crippen LogP contribution in [-0.4, -0.2) is 14.5 Å². The number of hydrogen-bond donors (Lipinski definition) is 0. The molecule has 7 rings (SSSR count). The van der Waals surface area contributed by atoms with Gasteiger partial charge in [-0.05, 0) is 30.3 Å². The number of benzene rings is 4. The lowest BCUT2D eigenvalue weighted by atomic mass is 10.0. The van der Waals surface area contributed by atoms with Crippen molar-refractivity contribution in [2.75, 3.05) is 0 Å². The molecule has 0 radical (unpaired) electrons. The molecule has 180 valence electrons. The summed E-state index contributed by atoms with van der Waals surface area (Å²) in [7, 11) is 0. The predicted octanol–water partition coefficient (Wildman–Crippen LogP) is 9.36. The standard InChI is InChI=1S/C34H23N3S/c1-3-12-22(4-2)33-35-32(31-27-16-9-11-18-30(27)38-34(31)36-33)23-19-20-26-25-15-8-10-17-28(25)37(29(26)21-23)24-13-6-5-7-14-24/h3-21H,1-2H2/b22-12+. The molecule has 4 aromatic carbocycles. The maximum atomic E-state index is 5.15. The van der Waals surface area contributed by atoms with Crippen molar-refractivity contribution in [3.8, 4) is 16.9 Å². The zero-order valence-corrected chi connectivity index (χ0v) is 21.5. The second-order valence-electron chi connectivity index (χ2n) is 9.16. The summed E-state index contributed by atoms with van der Waals surface area (Å²) in [6, 6.07) is 34.3. The summed E-state index contributed by atoms with van der Waals surface area (Å²) in [6.07, 6.45) is 5.44. The maximum Gasteiger partial charge on any atom is 0.161 e. The van der Waals surface area contributed by atoms with E-state index in [1.165, 1.54) is 26.4 Å². The van der Waals surface area contributed by atoms with Crippen LogP contribution in [0, 0.1) is 0 Å². The van der Waals surface area contributed by atoms with Gasteiger partial charge in [-0.2, -0.15) is 0 Å². The molecule has 0 atom stereocenters. The molecule has 3 heterocycles. The number of fused-ring (bicyclic) bond motifs is 6. The SMILES string of the molecule is C=C/C=C(\C=C)c1nc(-c2ccc3c4ccccc4n(-c4ccccc4)c3c2)c2c(n1)sc1ccccc12. The Morgan fingerprint density at radius 1 is 0.737 bits per heavy atom. The topological polar surface area (TPSA) is 30.7 Å². The fraction of sp³-hybridized carbons (Fsp3) is 0. The van der Waals surface area contributed by atoms with Crippen molar-refractivity contribution in [2.24, 2.45) is 0 Å². The van der Waals surface area contributed by atoms with E-state index < -0.39 is 0 Å². The molecule has 4 heteroatoms. The van der Waals surface area contributed by atoms with E-state index >= 15 is 0 Å². The highest BCUT2D eigenvalue weighted by atomic mass is 32.1. The van der Waals surface area contributed by atoms with Gasteiger partial charge in [0.1, 0.15) is 4.83 Å². The number of thiophene rings is 1. The first kappa shape index (κ1) is 22.4. The van der Waals surface area contributed by atoms with Gasteiger partial charge in [0.05, 0.1) is 16.7 Å². The summed E-state index contributed by atoms with van der Waals surface area (Å²) >= 11 is 1.69. The van der Waals surface area contributed by atoms with Crippen molar-refractivity contribution in [3.05, 3.63) is 134 Å². The van der Waals surface area contributed by atoms with E-state index in [1.54, 1.807) is 23.5 Å². The molecule has 0 fully saturated rings. The minimum Gasteiger partial charge on any atom is -0.309 e. The lowest BCUT2D eigenvalue weighted by molar-refractivity contribution is 1.17. The Morgan fingerprint density at radius 2 is 1.47 bits per heavy atom. The summed E-state index contributed by atoms with van der Waals surface area (Å²) in [4.78, 5) is 11.1. The Labute approximate surface area is 224 Å². The van der Waals surface area contributed by atoms with Crippen LogP contribution in [0.3, 0.4) is 0 Å². The molecule has 38 heavy (non-hydrogen) atoms. The van der Waals surface area contributed by atoms with E-state index in [0.717, 1.165) is 38.3 Å². The molecule has 0 aliphatic carbocycles. The van der Waals surface area contributed by atoms with Gasteiger partial charge in [-0.3, -0.25) is 0 Å². The van der Waals surface area contributed by atoms with E-state index in [-0.39, 0.29) is 0 Å². The van der Waals surface area contributed by atoms with Crippen molar-refractivity contribution < 1.29 is 0 Å². The Hall–Kier alpha value is -4.80. The maximum absolute atomic E-state index is 5.15. The molecule has 7 aromatic rings. The normalized spacial score (nSPS) is 12.1. The third-order valence-electron chi connectivity index (χ3n) is 6.98. The first-order chi connectivity index (χ1) is 18.8. The van der Waals surface area contributed by atoms with Crippen molar-refractivity contribution in [1.29, 1.82) is 0 Å². The number of aromatic nitrogens is 3. The fourth-order valence-electron chi connectivity index (χ4n) is 5.30. The van der Waals surface area contributed by atoms with Crippen LogP contribution in [0.1, 0.15) is 5.82 Å². The highest BCUT2D eigenvalue weighted by molar-refractivity contribution is 7.25. The average Bonchev–Trinajstić information content (AvgIpc) is 3.51. The summed E-state index contributed by atoms with van der Waals surface area (Å²) in [6.45, 7) is 7.86. The molecule has 3 aromatic heterocycles. The lowest BCUT2D eigenvalue weighted by Gasteiger charge is -2.10. The van der Waals surface area contributed by atoms with E-state index in [2.05, 4.69) is 115 Å². The highest BCUT2D eigenvalue weighted by Gasteiger charge is 2.19. The first-order valence-electron chi connectivity index (χ1n) is 12.5. The second kappa shape index (κ2) is 8.94. The Balaban J connectivity index is 1.59. The van der Waals surface area contributed by atoms with Crippen molar-refractivity contribution in [3.63, 3.8) is 0 Å². The van der Waals surface area contributed by atoms with Gasteiger partial charge in [0, 0.05) is 43.1 Å². The Kier molecular flexibility index (Phi) is 5.27. The van der Waals surface area contributed by atoms with E-state index in [9.17, 15) is 0 Å². The molecule has 0 saturated carbocycles. The summed E-state index contributed by atoms with van der Waals surface area (Å²) in [5.41, 5.74) is 6.28. The Morgan fingerprint density at radius 3 is 2.29 bits per heavy atom. The minimum atomic E-state index is 0.651. The van der Waals surface area contributed by atoms with Gasteiger partial charge < -0.3 is 4.57 Å². The first-order valence-corrected chi connectivity index (χ1v) is 13.3. The van der Waals surface area contributed by atoms with Crippen LogP contribution in [0.5, 0.6) is 0 Å². The second-order valence-corrected chi connectivity index (χ2v) is 10.2. The van der Waals surface area contributed by atoms with Crippen molar-refractivity contribution in [1.82, 2.24) is 14.5 Å². The van der Waals surface area contributed by atoms with Crippen LogP contribution < -0.4 is 0 Å². The number of allylic oxidation sites excluding steroid dienone is 4. The molecule has 0 N–H and O–H groups in total. The third kappa shape index (κ3) is 3.42. The number of rotatable bonds is 5. The Bertz CT molecular complexity index is 2060. The molecule has 0 saturated heterocycles. The molecule has 0 aliphatic rings. The highest BCUT2D eigenvalue weighted by Crippen LogP contribution is 2.41. The van der Waals surface area contributed by atoms with Gasteiger partial charge in [0.2, 0.25) is 0 Å². The molecule has 0 spiro atoms. The van der Waals surface area contributed by atoms with Gasteiger partial charge in [0.25, 0.3) is 0 Å². The molecule has 0 amide bonds. The zero-order chi connectivity index (χ0) is 25.6. The quantitative estimate of drug-likeness (QED) is 0.218. The molecule has 3 nitrogen and oxygen atoms in total. The lowest BCUT2D eigenvalue weighted by Crippen LogP contribution is -1.97. The molecular weight excluding hydrogens is 482 g/mol. The van der Waals surface area contributed by atoms with E-state index in [4.69, 9.17) is 9.97 Å². The smallest absolute Gasteiger partial charge is 0.161 e. The number of nitrogens with zero attached hydrogens (tertiary/aromatic N) is 3. The minimum absolute atomic E-state index is 0.651. The molecular formula is C34H23N3S. The van der Waals surface area contributed by atoms with Crippen LogP contribution in [0.4, 0.5) is 0 Å². The van der Waals surface area contributed by atoms with Gasteiger partial charge >= 0.3 is 0 Å². The zero-order valence-electron chi connectivity index (χ0n) is 20.6. The number of para-hydroxylation sites is 2. The van der Waals surface area contributed by atoms with Crippen LogP contribution in [-0.2, 0) is 0 Å². The molecule has 0 aliphatic heterocycles. The van der Waals surface area contributed by atoms with Gasteiger partial charge in [-0.1, -0.05) is 98.1 Å². The number of hydrogen-bond acceptors (Lipinski definition) is 3. The van der Waals surface area contributed by atoms with Crippen molar-refractivity contribution in [2.45, 2.75) is 0 Å². The summed E-state index contributed by atoms with van der Waals surface area (Å²) < 4.78 is 3.54. The fourth-order valence-corrected chi connectivity index (χ4v) is 6.37. The van der Waals surface area contributed by atoms with Gasteiger partial charge in [-0.15, -0.1) is 11.3 Å². The largest absolute Gasteiger partial charge is 0.309 e.